The number of amides is 3. The van der Waals surface area contributed by atoms with Gasteiger partial charge in [-0.15, -0.1) is 11.3 Å². The third-order valence-corrected chi connectivity index (χ3v) is 9.13. The third-order valence-electron chi connectivity index (χ3n) is 8.06. The van der Waals surface area contributed by atoms with Gasteiger partial charge in [-0.1, -0.05) is 48.5 Å². The summed E-state index contributed by atoms with van der Waals surface area (Å²) < 4.78 is 10.6. The molecule has 0 radical (unpaired) electrons. The van der Waals surface area contributed by atoms with Gasteiger partial charge in [0.25, 0.3) is 5.91 Å². The SMILES string of the molecule is COC(=O)N1CCN(Cc2ccc(C(=O)NCCCN3CCC(OC(=O)Nc4ccccc4-c4ccccc4)CC3)s2)CC1. The van der Waals surface area contributed by atoms with Crippen LogP contribution in [0.25, 0.3) is 11.1 Å². The van der Waals surface area contributed by atoms with Crippen molar-refractivity contribution in [2.24, 2.45) is 0 Å². The monoisotopic (exact) mass is 619 g/mol. The van der Waals surface area contributed by atoms with Crippen molar-refractivity contribution in [3.05, 3.63) is 76.5 Å². The van der Waals surface area contributed by atoms with Gasteiger partial charge in [0.05, 0.1) is 17.7 Å². The molecule has 0 unspecified atom stereocenters. The minimum atomic E-state index is -0.424. The maximum absolute atomic E-state index is 12.7. The summed E-state index contributed by atoms with van der Waals surface area (Å²) in [4.78, 5) is 45.3. The highest BCUT2D eigenvalue weighted by Gasteiger charge is 2.24. The number of para-hydroxylation sites is 1. The Kier molecular flexibility index (Phi) is 11.2. The number of carbonyl (C=O) groups is 3. The number of benzene rings is 2. The molecule has 0 spiro atoms. The van der Waals surface area contributed by atoms with E-state index >= 15 is 0 Å². The van der Waals surface area contributed by atoms with E-state index in [-0.39, 0.29) is 18.1 Å². The minimum Gasteiger partial charge on any atom is -0.453 e. The van der Waals surface area contributed by atoms with Gasteiger partial charge >= 0.3 is 12.2 Å². The number of thiophene rings is 1. The zero-order valence-corrected chi connectivity index (χ0v) is 26.0. The number of nitrogens with zero attached hydrogens (tertiary/aromatic N) is 3. The van der Waals surface area contributed by atoms with Crippen molar-refractivity contribution in [2.45, 2.75) is 31.9 Å². The number of hydrogen-bond donors (Lipinski definition) is 2. The fourth-order valence-electron chi connectivity index (χ4n) is 5.62. The number of anilines is 1. The van der Waals surface area contributed by atoms with Crippen LogP contribution in [0.3, 0.4) is 0 Å². The predicted octanol–water partition coefficient (Wildman–Crippen LogP) is 5.13. The summed E-state index contributed by atoms with van der Waals surface area (Å²) in [7, 11) is 1.41. The Hall–Kier alpha value is -3.93. The topological polar surface area (TPSA) is 103 Å². The summed E-state index contributed by atoms with van der Waals surface area (Å²) in [6.07, 6.45) is 1.62. The summed E-state index contributed by atoms with van der Waals surface area (Å²) in [5.74, 6) is -0.0382. The first kappa shape index (κ1) is 31.5. The van der Waals surface area contributed by atoms with Crippen molar-refractivity contribution < 1.29 is 23.9 Å². The van der Waals surface area contributed by atoms with Gasteiger partial charge in [0.2, 0.25) is 0 Å². The number of rotatable bonds is 10. The Morgan fingerprint density at radius 1 is 0.864 bits per heavy atom. The molecule has 3 aromatic rings. The summed E-state index contributed by atoms with van der Waals surface area (Å²) in [5.41, 5.74) is 2.73. The lowest BCUT2D eigenvalue weighted by Gasteiger charge is -2.33. The molecule has 44 heavy (non-hydrogen) atoms. The lowest BCUT2D eigenvalue weighted by molar-refractivity contribution is 0.0587. The van der Waals surface area contributed by atoms with Crippen LogP contribution in [0.1, 0.15) is 33.8 Å². The molecule has 2 fully saturated rings. The smallest absolute Gasteiger partial charge is 0.411 e. The molecule has 2 aromatic carbocycles. The quantitative estimate of drug-likeness (QED) is 0.303. The minimum absolute atomic E-state index is 0.0382. The van der Waals surface area contributed by atoms with Gasteiger partial charge < -0.3 is 24.6 Å². The zero-order valence-electron chi connectivity index (χ0n) is 25.2. The summed E-state index contributed by atoms with van der Waals surface area (Å²) in [5, 5.41) is 5.98. The first-order chi connectivity index (χ1) is 21.5. The van der Waals surface area contributed by atoms with Crippen molar-refractivity contribution in [3.63, 3.8) is 0 Å². The highest BCUT2D eigenvalue weighted by atomic mass is 32.1. The molecule has 5 rings (SSSR count). The van der Waals surface area contributed by atoms with Crippen LogP contribution < -0.4 is 10.6 Å². The predicted molar refractivity (Wildman–Crippen MR) is 172 cm³/mol. The van der Waals surface area contributed by atoms with Crippen LogP contribution in [0.4, 0.5) is 15.3 Å². The van der Waals surface area contributed by atoms with Crippen molar-refractivity contribution >= 4 is 35.1 Å². The third kappa shape index (κ3) is 8.81. The van der Waals surface area contributed by atoms with Crippen molar-refractivity contribution in [2.75, 3.05) is 64.8 Å². The van der Waals surface area contributed by atoms with Crippen LogP contribution in [0.5, 0.6) is 0 Å². The van der Waals surface area contributed by atoms with Crippen molar-refractivity contribution in [3.8, 4) is 11.1 Å². The second-order valence-corrected chi connectivity index (χ2v) is 12.3. The average molecular weight is 620 g/mol. The van der Waals surface area contributed by atoms with E-state index in [0.717, 1.165) is 85.1 Å². The van der Waals surface area contributed by atoms with Crippen LogP contribution in [0, 0.1) is 0 Å². The molecule has 2 N–H and O–H groups in total. The molecule has 0 aliphatic carbocycles. The van der Waals surface area contributed by atoms with Gasteiger partial charge in [0.15, 0.2) is 0 Å². The van der Waals surface area contributed by atoms with Gasteiger partial charge in [0, 0.05) is 62.8 Å². The van der Waals surface area contributed by atoms with Crippen LogP contribution in [0.15, 0.2) is 66.7 Å². The standard InChI is InChI=1S/C33H41N5O5S/c1-42-33(41)38-22-20-37(21-23-38)24-27-12-13-30(44-27)31(39)34-16-7-17-36-18-14-26(15-19-36)43-32(40)35-29-11-6-5-10-28(29)25-8-3-2-4-9-25/h2-6,8-13,26H,7,14-24H2,1H3,(H,34,39)(H,35,40). The van der Waals surface area contributed by atoms with Gasteiger partial charge in [-0.3, -0.25) is 15.0 Å². The van der Waals surface area contributed by atoms with E-state index in [1.807, 2.05) is 66.7 Å². The first-order valence-electron chi connectivity index (χ1n) is 15.2. The number of methoxy groups -OCH3 is 1. The molecule has 3 heterocycles. The van der Waals surface area contributed by atoms with Crippen molar-refractivity contribution in [1.82, 2.24) is 20.0 Å². The lowest BCUT2D eigenvalue weighted by atomic mass is 10.0. The highest BCUT2D eigenvalue weighted by Crippen LogP contribution is 2.28. The van der Waals surface area contributed by atoms with E-state index in [0.29, 0.717) is 19.6 Å². The molecule has 234 valence electrons. The van der Waals surface area contributed by atoms with Gasteiger partial charge in [-0.25, -0.2) is 9.59 Å². The van der Waals surface area contributed by atoms with E-state index in [2.05, 4.69) is 20.4 Å². The van der Waals surface area contributed by atoms with Crippen LogP contribution in [-0.4, -0.2) is 98.4 Å². The average Bonchev–Trinajstić information content (AvgIpc) is 3.53. The number of piperazine rings is 1. The van der Waals surface area contributed by atoms with Crippen LogP contribution in [0.2, 0.25) is 0 Å². The number of ether oxygens (including phenoxy) is 2. The van der Waals surface area contributed by atoms with E-state index in [1.165, 1.54) is 18.4 Å². The van der Waals surface area contributed by atoms with E-state index in [1.54, 1.807) is 4.90 Å². The molecule has 0 atom stereocenters. The summed E-state index contributed by atoms with van der Waals surface area (Å²) in [6.45, 7) is 6.85. The first-order valence-corrected chi connectivity index (χ1v) is 16.1. The fraction of sp³-hybridized carbons (Fsp3) is 0.424. The number of likely N-dealkylation sites (tertiary alicyclic amines) is 1. The Bertz CT molecular complexity index is 1380. The Morgan fingerprint density at radius 2 is 1.59 bits per heavy atom. The van der Waals surface area contributed by atoms with E-state index < -0.39 is 6.09 Å². The maximum atomic E-state index is 12.7. The molecule has 2 aliphatic heterocycles. The summed E-state index contributed by atoms with van der Waals surface area (Å²) in [6, 6.07) is 21.6. The molecule has 11 heteroatoms. The second-order valence-electron chi connectivity index (χ2n) is 11.1. The van der Waals surface area contributed by atoms with Gasteiger partial charge in [-0.05, 0) is 49.6 Å². The van der Waals surface area contributed by atoms with Gasteiger partial charge in [0.1, 0.15) is 6.10 Å². The molecule has 0 bridgehead atoms. The number of carbonyl (C=O) groups excluding carboxylic acids is 3. The molecule has 2 aliphatic rings. The maximum Gasteiger partial charge on any atom is 0.411 e. The van der Waals surface area contributed by atoms with Gasteiger partial charge in [-0.2, -0.15) is 0 Å². The number of hydrogen-bond acceptors (Lipinski definition) is 8. The van der Waals surface area contributed by atoms with E-state index in [4.69, 9.17) is 9.47 Å². The second kappa shape index (κ2) is 15.7. The molecule has 0 saturated carbocycles. The van der Waals surface area contributed by atoms with Crippen LogP contribution in [-0.2, 0) is 16.0 Å². The molecule has 2 saturated heterocycles. The largest absolute Gasteiger partial charge is 0.453 e. The highest BCUT2D eigenvalue weighted by molar-refractivity contribution is 7.14. The number of piperidine rings is 1. The molecular weight excluding hydrogens is 578 g/mol. The lowest BCUT2D eigenvalue weighted by Crippen LogP contribution is -2.48. The molecule has 3 amide bonds. The molecule has 1 aromatic heterocycles. The Labute approximate surface area is 262 Å². The fourth-order valence-corrected chi connectivity index (χ4v) is 6.58. The zero-order chi connectivity index (χ0) is 30.7. The Balaban J connectivity index is 0.959. The normalized spacial score (nSPS) is 16.3. The van der Waals surface area contributed by atoms with Crippen LogP contribution >= 0.6 is 11.3 Å². The van der Waals surface area contributed by atoms with Crippen molar-refractivity contribution in [1.29, 1.82) is 0 Å². The Morgan fingerprint density at radius 3 is 2.34 bits per heavy atom. The molecular formula is C33H41N5O5S. The van der Waals surface area contributed by atoms with E-state index in [9.17, 15) is 14.4 Å². The molecule has 10 nitrogen and oxygen atoms in total. The number of nitrogens with one attached hydrogen (secondary N) is 2. The summed E-state index contributed by atoms with van der Waals surface area (Å²) >= 11 is 1.52.